The van der Waals surface area contributed by atoms with Gasteiger partial charge in [-0.2, -0.15) is 14.0 Å². The summed E-state index contributed by atoms with van der Waals surface area (Å²) in [5.41, 5.74) is 0.410. The molecule has 1 N–H and O–H groups in total. The first kappa shape index (κ1) is 14.4. The van der Waals surface area contributed by atoms with Gasteiger partial charge < -0.3 is 10.1 Å². The fourth-order valence-corrected chi connectivity index (χ4v) is 1.53. The number of nitrogens with one attached hydrogen (secondary N) is 1. The minimum absolute atomic E-state index is 0.00595. The van der Waals surface area contributed by atoms with Gasteiger partial charge in [0.25, 0.3) is 0 Å². The van der Waals surface area contributed by atoms with E-state index >= 15 is 0 Å². The molecule has 108 valence electrons. The number of nitrogens with zero attached hydrogens (tertiary/aromatic N) is 4. The zero-order chi connectivity index (χ0) is 15.2. The van der Waals surface area contributed by atoms with E-state index in [9.17, 15) is 13.6 Å². The molecule has 1 amide bonds. The number of ether oxygens (including phenoxy) is 1. The molecule has 2 rings (SSSR count). The molecule has 0 saturated carbocycles. The normalized spacial score (nSPS) is 10.2. The fourth-order valence-electron chi connectivity index (χ4n) is 1.53. The highest BCUT2D eigenvalue weighted by Gasteiger charge is 2.09. The third-order valence-corrected chi connectivity index (χ3v) is 2.39. The molecule has 21 heavy (non-hydrogen) atoms. The number of nitriles is 1. The molecule has 0 fully saturated rings. The van der Waals surface area contributed by atoms with Gasteiger partial charge in [0.2, 0.25) is 11.7 Å². The van der Waals surface area contributed by atoms with Crippen LogP contribution in [-0.2, 0) is 11.3 Å². The maximum Gasteiger partial charge on any atom is 0.387 e. The van der Waals surface area contributed by atoms with Crippen LogP contribution >= 0.6 is 0 Å². The van der Waals surface area contributed by atoms with Crippen LogP contribution in [0, 0.1) is 11.3 Å². The molecule has 0 aliphatic rings. The Morgan fingerprint density at radius 1 is 1.43 bits per heavy atom. The van der Waals surface area contributed by atoms with E-state index in [2.05, 4.69) is 20.3 Å². The second kappa shape index (κ2) is 6.42. The van der Waals surface area contributed by atoms with E-state index in [1.807, 2.05) is 0 Å². The van der Waals surface area contributed by atoms with Gasteiger partial charge in [-0.15, -0.1) is 10.2 Å². The SMILES string of the molecule is N#Cc1nncn1CC(=O)Nc1ccc(OC(F)F)cc1. The molecule has 0 spiro atoms. The van der Waals surface area contributed by atoms with Crippen LogP contribution in [0.15, 0.2) is 30.6 Å². The number of halogens is 2. The number of carbonyl (C=O) groups excluding carboxylic acids is 1. The molecule has 0 radical (unpaired) electrons. The summed E-state index contributed by atoms with van der Waals surface area (Å²) < 4.78 is 29.4. The Labute approximate surface area is 117 Å². The Balaban J connectivity index is 1.95. The van der Waals surface area contributed by atoms with Crippen LogP contribution in [0.3, 0.4) is 0 Å². The molecule has 1 aromatic carbocycles. The van der Waals surface area contributed by atoms with Crippen molar-refractivity contribution in [2.75, 3.05) is 5.32 Å². The van der Waals surface area contributed by atoms with Crippen LogP contribution in [0.25, 0.3) is 0 Å². The molecule has 0 saturated heterocycles. The van der Waals surface area contributed by atoms with E-state index in [1.165, 1.54) is 35.2 Å². The van der Waals surface area contributed by atoms with Crippen molar-refractivity contribution in [2.45, 2.75) is 13.2 Å². The highest BCUT2D eigenvalue weighted by molar-refractivity contribution is 5.90. The minimum atomic E-state index is -2.90. The number of aromatic nitrogens is 3. The molecule has 0 unspecified atom stereocenters. The average molecular weight is 293 g/mol. The van der Waals surface area contributed by atoms with E-state index in [1.54, 1.807) is 6.07 Å². The molecule has 0 aliphatic heterocycles. The Morgan fingerprint density at radius 3 is 2.76 bits per heavy atom. The predicted molar refractivity (Wildman–Crippen MR) is 66.4 cm³/mol. The lowest BCUT2D eigenvalue weighted by atomic mass is 10.3. The highest BCUT2D eigenvalue weighted by Crippen LogP contribution is 2.17. The summed E-state index contributed by atoms with van der Waals surface area (Å²) in [5.74, 6) is -0.395. The van der Waals surface area contributed by atoms with Crippen molar-refractivity contribution in [3.8, 4) is 11.8 Å². The summed E-state index contributed by atoms with van der Waals surface area (Å²) in [5, 5.41) is 18.3. The quantitative estimate of drug-likeness (QED) is 0.899. The zero-order valence-electron chi connectivity index (χ0n) is 10.5. The summed E-state index contributed by atoms with van der Waals surface area (Å²) in [6.07, 6.45) is 1.26. The number of hydrogen-bond donors (Lipinski definition) is 1. The number of amides is 1. The number of hydrogen-bond acceptors (Lipinski definition) is 5. The third kappa shape index (κ3) is 3.97. The molecule has 1 heterocycles. The van der Waals surface area contributed by atoms with E-state index in [0.29, 0.717) is 5.69 Å². The largest absolute Gasteiger partial charge is 0.435 e. The summed E-state index contributed by atoms with van der Waals surface area (Å²) in [7, 11) is 0. The molecule has 7 nitrogen and oxygen atoms in total. The van der Waals surface area contributed by atoms with Gasteiger partial charge in [-0.3, -0.25) is 9.36 Å². The van der Waals surface area contributed by atoms with E-state index in [-0.39, 0.29) is 18.1 Å². The fraction of sp³-hybridized carbons (Fsp3) is 0.167. The maximum absolute atomic E-state index is 12.0. The molecule has 9 heteroatoms. The van der Waals surface area contributed by atoms with Gasteiger partial charge in [0.05, 0.1) is 0 Å². The molecule has 2 aromatic rings. The van der Waals surface area contributed by atoms with Crippen LogP contribution < -0.4 is 10.1 Å². The Bertz CT molecular complexity index is 663. The van der Waals surface area contributed by atoms with Crippen molar-refractivity contribution in [3.63, 3.8) is 0 Å². The topological polar surface area (TPSA) is 92.8 Å². The predicted octanol–water partition coefficient (Wildman–Crippen LogP) is 1.39. The lowest BCUT2D eigenvalue weighted by Crippen LogP contribution is -2.19. The Kier molecular flexibility index (Phi) is 4.40. The van der Waals surface area contributed by atoms with Crippen LogP contribution in [0.5, 0.6) is 5.75 Å². The third-order valence-electron chi connectivity index (χ3n) is 2.39. The van der Waals surface area contributed by atoms with Crippen molar-refractivity contribution in [1.29, 1.82) is 5.26 Å². The summed E-state index contributed by atoms with van der Waals surface area (Å²) in [4.78, 5) is 11.8. The standard InChI is InChI=1S/C12H9F2N5O2/c13-12(14)21-9-3-1-8(2-4-9)17-11(20)6-19-7-16-18-10(19)5-15/h1-4,7,12H,6H2,(H,17,20). The minimum Gasteiger partial charge on any atom is -0.435 e. The van der Waals surface area contributed by atoms with Crippen molar-refractivity contribution in [3.05, 3.63) is 36.4 Å². The molecule has 0 aliphatic carbocycles. The molecule has 0 bridgehead atoms. The summed E-state index contributed by atoms with van der Waals surface area (Å²) >= 11 is 0. The smallest absolute Gasteiger partial charge is 0.387 e. The van der Waals surface area contributed by atoms with Gasteiger partial charge in [0, 0.05) is 5.69 Å². The van der Waals surface area contributed by atoms with Crippen molar-refractivity contribution >= 4 is 11.6 Å². The second-order valence-corrected chi connectivity index (χ2v) is 3.85. The van der Waals surface area contributed by atoms with Gasteiger partial charge in [-0.05, 0) is 24.3 Å². The van der Waals surface area contributed by atoms with Crippen LogP contribution in [-0.4, -0.2) is 27.3 Å². The van der Waals surface area contributed by atoms with E-state index < -0.39 is 12.5 Å². The first-order valence-corrected chi connectivity index (χ1v) is 5.71. The van der Waals surface area contributed by atoms with Crippen molar-refractivity contribution in [2.24, 2.45) is 0 Å². The first-order chi connectivity index (χ1) is 10.1. The number of rotatable bonds is 5. The van der Waals surface area contributed by atoms with Crippen LogP contribution in [0.2, 0.25) is 0 Å². The number of benzene rings is 1. The summed E-state index contributed by atoms with van der Waals surface area (Å²) in [6, 6.07) is 7.25. The van der Waals surface area contributed by atoms with E-state index in [4.69, 9.17) is 5.26 Å². The zero-order valence-corrected chi connectivity index (χ0v) is 10.5. The molecule has 1 aromatic heterocycles. The molecular weight excluding hydrogens is 284 g/mol. The van der Waals surface area contributed by atoms with Gasteiger partial charge >= 0.3 is 6.61 Å². The van der Waals surface area contributed by atoms with E-state index in [0.717, 1.165) is 0 Å². The molecular formula is C12H9F2N5O2. The lowest BCUT2D eigenvalue weighted by molar-refractivity contribution is -0.116. The van der Waals surface area contributed by atoms with Crippen molar-refractivity contribution < 1.29 is 18.3 Å². The van der Waals surface area contributed by atoms with Crippen molar-refractivity contribution in [1.82, 2.24) is 14.8 Å². The van der Waals surface area contributed by atoms with Crippen LogP contribution in [0.1, 0.15) is 5.82 Å². The molecule has 0 atom stereocenters. The maximum atomic E-state index is 12.0. The van der Waals surface area contributed by atoms with Gasteiger partial charge in [0.1, 0.15) is 24.7 Å². The summed E-state index contributed by atoms with van der Waals surface area (Å²) in [6.45, 7) is -3.03. The lowest BCUT2D eigenvalue weighted by Gasteiger charge is -2.08. The Morgan fingerprint density at radius 2 is 2.14 bits per heavy atom. The average Bonchev–Trinajstić information content (AvgIpc) is 2.87. The number of anilines is 1. The van der Waals surface area contributed by atoms with Gasteiger partial charge in [0.15, 0.2) is 0 Å². The van der Waals surface area contributed by atoms with Gasteiger partial charge in [-0.25, -0.2) is 0 Å². The first-order valence-electron chi connectivity index (χ1n) is 5.71. The van der Waals surface area contributed by atoms with Gasteiger partial charge in [-0.1, -0.05) is 0 Å². The number of alkyl halides is 2. The monoisotopic (exact) mass is 293 g/mol. The van der Waals surface area contributed by atoms with Crippen LogP contribution in [0.4, 0.5) is 14.5 Å². The Hall–Kier alpha value is -3.02. The second-order valence-electron chi connectivity index (χ2n) is 3.85. The highest BCUT2D eigenvalue weighted by atomic mass is 19.3. The number of carbonyl (C=O) groups is 1.